The lowest BCUT2D eigenvalue weighted by molar-refractivity contribution is -0.140. The lowest BCUT2D eigenvalue weighted by Crippen LogP contribution is -2.21. The van der Waals surface area contributed by atoms with Crippen molar-refractivity contribution in [3.8, 4) is 0 Å². The number of aryl methyl sites for hydroxylation is 1. The molecule has 0 saturated heterocycles. The predicted octanol–water partition coefficient (Wildman–Crippen LogP) is 2.39. The van der Waals surface area contributed by atoms with Crippen molar-refractivity contribution in [1.82, 2.24) is 0 Å². The monoisotopic (exact) mass is 212 g/mol. The lowest BCUT2D eigenvalue weighted by atomic mass is 9.94. The van der Waals surface area contributed by atoms with Gasteiger partial charge in [-0.25, -0.2) is 8.78 Å². The molecule has 1 saturated carbocycles. The molecule has 0 aliphatic heterocycles. The Morgan fingerprint density at radius 3 is 2.40 bits per heavy atom. The van der Waals surface area contributed by atoms with Crippen LogP contribution in [0.2, 0.25) is 0 Å². The van der Waals surface area contributed by atoms with Crippen molar-refractivity contribution in [2.24, 2.45) is 0 Å². The summed E-state index contributed by atoms with van der Waals surface area (Å²) in [6, 6.07) is 2.78. The smallest absolute Gasteiger partial charge is 0.314 e. The van der Waals surface area contributed by atoms with Crippen LogP contribution < -0.4 is 0 Å². The third-order valence-electron chi connectivity index (χ3n) is 2.95. The molecule has 1 aliphatic rings. The van der Waals surface area contributed by atoms with Gasteiger partial charge in [-0.3, -0.25) is 4.79 Å². The third-order valence-corrected chi connectivity index (χ3v) is 2.95. The minimum absolute atomic E-state index is 0.0295. The highest BCUT2D eigenvalue weighted by atomic mass is 19.2. The largest absolute Gasteiger partial charge is 0.481 e. The van der Waals surface area contributed by atoms with Crippen LogP contribution in [0.1, 0.15) is 24.0 Å². The minimum atomic E-state index is -1.18. The van der Waals surface area contributed by atoms with Crippen LogP contribution in [-0.4, -0.2) is 11.1 Å². The minimum Gasteiger partial charge on any atom is -0.481 e. The van der Waals surface area contributed by atoms with E-state index in [1.165, 1.54) is 19.1 Å². The van der Waals surface area contributed by atoms with E-state index < -0.39 is 23.0 Å². The average Bonchev–Trinajstić information content (AvgIpc) is 2.95. The van der Waals surface area contributed by atoms with Crippen molar-refractivity contribution in [2.75, 3.05) is 0 Å². The maximum absolute atomic E-state index is 13.5. The molecule has 0 unspecified atom stereocenters. The summed E-state index contributed by atoms with van der Waals surface area (Å²) in [5.41, 5.74) is -1.02. The van der Waals surface area contributed by atoms with Crippen LogP contribution in [0.3, 0.4) is 0 Å². The zero-order valence-corrected chi connectivity index (χ0v) is 8.18. The quantitative estimate of drug-likeness (QED) is 0.817. The van der Waals surface area contributed by atoms with Gasteiger partial charge in [-0.15, -0.1) is 0 Å². The number of benzene rings is 1. The number of hydrogen-bond donors (Lipinski definition) is 1. The lowest BCUT2D eigenvalue weighted by Gasteiger charge is -2.12. The molecule has 80 valence electrons. The van der Waals surface area contributed by atoms with E-state index in [4.69, 9.17) is 5.11 Å². The van der Waals surface area contributed by atoms with Crippen molar-refractivity contribution >= 4 is 5.97 Å². The molecule has 1 N–H and O–H groups in total. The molecule has 2 nitrogen and oxygen atoms in total. The Labute approximate surface area is 85.5 Å². The van der Waals surface area contributed by atoms with Gasteiger partial charge in [-0.05, 0) is 25.3 Å². The first-order valence-electron chi connectivity index (χ1n) is 4.67. The van der Waals surface area contributed by atoms with Crippen molar-refractivity contribution in [3.05, 3.63) is 34.9 Å². The molecule has 1 aromatic rings. The highest BCUT2D eigenvalue weighted by Gasteiger charge is 2.53. The SMILES string of the molecule is Cc1ccc(C2(C(=O)O)CC2)c(F)c1F. The zero-order chi connectivity index (χ0) is 11.2. The van der Waals surface area contributed by atoms with Crippen LogP contribution in [0, 0.1) is 18.6 Å². The molecule has 1 aliphatic carbocycles. The summed E-state index contributed by atoms with van der Waals surface area (Å²) in [5.74, 6) is -3.04. The van der Waals surface area contributed by atoms with Crippen LogP contribution in [-0.2, 0) is 10.2 Å². The first-order valence-corrected chi connectivity index (χ1v) is 4.67. The van der Waals surface area contributed by atoms with Crippen LogP contribution in [0.15, 0.2) is 12.1 Å². The predicted molar refractivity (Wildman–Crippen MR) is 49.6 cm³/mol. The van der Waals surface area contributed by atoms with Gasteiger partial charge in [0.15, 0.2) is 11.6 Å². The van der Waals surface area contributed by atoms with Crippen molar-refractivity contribution < 1.29 is 18.7 Å². The summed E-state index contributed by atoms with van der Waals surface area (Å²) < 4.78 is 26.8. The van der Waals surface area contributed by atoms with Gasteiger partial charge in [0.25, 0.3) is 0 Å². The second-order valence-electron chi connectivity index (χ2n) is 3.95. The fourth-order valence-corrected chi connectivity index (χ4v) is 1.74. The molecular weight excluding hydrogens is 202 g/mol. The van der Waals surface area contributed by atoms with Gasteiger partial charge in [-0.1, -0.05) is 12.1 Å². The summed E-state index contributed by atoms with van der Waals surface area (Å²) in [6.07, 6.45) is 0.753. The standard InChI is InChI=1S/C11H10F2O2/c1-6-2-3-7(9(13)8(6)12)11(4-5-11)10(14)15/h2-3H,4-5H2,1H3,(H,14,15). The van der Waals surface area contributed by atoms with E-state index in [-0.39, 0.29) is 11.1 Å². The molecule has 0 radical (unpaired) electrons. The van der Waals surface area contributed by atoms with Gasteiger partial charge in [0.1, 0.15) is 0 Å². The Bertz CT molecular complexity index is 436. The van der Waals surface area contributed by atoms with Crippen LogP contribution in [0.25, 0.3) is 0 Å². The highest BCUT2D eigenvalue weighted by molar-refractivity contribution is 5.85. The molecule has 15 heavy (non-hydrogen) atoms. The topological polar surface area (TPSA) is 37.3 Å². The van der Waals surface area contributed by atoms with E-state index in [0.29, 0.717) is 12.8 Å². The van der Waals surface area contributed by atoms with Crippen LogP contribution >= 0.6 is 0 Å². The van der Waals surface area contributed by atoms with E-state index in [0.717, 1.165) is 0 Å². The molecule has 0 bridgehead atoms. The fourth-order valence-electron chi connectivity index (χ4n) is 1.74. The second kappa shape index (κ2) is 3.02. The molecule has 0 amide bonds. The summed E-state index contributed by atoms with van der Waals surface area (Å²) in [4.78, 5) is 10.9. The van der Waals surface area contributed by atoms with Gasteiger partial charge < -0.3 is 5.11 Å². The molecule has 2 rings (SSSR count). The number of rotatable bonds is 2. The summed E-state index contributed by atoms with van der Waals surface area (Å²) in [5, 5.41) is 8.95. The fraction of sp³-hybridized carbons (Fsp3) is 0.364. The number of hydrogen-bond acceptors (Lipinski definition) is 1. The van der Waals surface area contributed by atoms with Gasteiger partial charge in [0, 0.05) is 5.56 Å². The molecule has 4 heteroatoms. The number of halogens is 2. The van der Waals surface area contributed by atoms with Crippen LogP contribution in [0.5, 0.6) is 0 Å². The maximum atomic E-state index is 13.5. The summed E-state index contributed by atoms with van der Waals surface area (Å²) >= 11 is 0. The molecule has 0 heterocycles. The molecule has 0 spiro atoms. The Morgan fingerprint density at radius 1 is 1.33 bits per heavy atom. The molecule has 0 aromatic heterocycles. The van der Waals surface area contributed by atoms with E-state index in [2.05, 4.69) is 0 Å². The van der Waals surface area contributed by atoms with Gasteiger partial charge in [0.05, 0.1) is 5.41 Å². The molecular formula is C11H10F2O2. The summed E-state index contributed by atoms with van der Waals surface area (Å²) in [6.45, 7) is 1.45. The number of carboxylic acid groups (broad SMARTS) is 1. The number of aliphatic carboxylic acids is 1. The van der Waals surface area contributed by atoms with Crippen molar-refractivity contribution in [3.63, 3.8) is 0 Å². The molecule has 0 atom stereocenters. The van der Waals surface area contributed by atoms with E-state index in [9.17, 15) is 13.6 Å². The van der Waals surface area contributed by atoms with E-state index >= 15 is 0 Å². The normalized spacial score (nSPS) is 17.5. The van der Waals surface area contributed by atoms with Crippen molar-refractivity contribution in [2.45, 2.75) is 25.2 Å². The Kier molecular flexibility index (Phi) is 2.03. The first kappa shape index (κ1) is 10.1. The summed E-state index contributed by atoms with van der Waals surface area (Å²) in [7, 11) is 0. The number of carbonyl (C=O) groups is 1. The van der Waals surface area contributed by atoms with E-state index in [1.54, 1.807) is 0 Å². The van der Waals surface area contributed by atoms with E-state index in [1.807, 2.05) is 0 Å². The Balaban J connectivity index is 2.55. The van der Waals surface area contributed by atoms with Crippen molar-refractivity contribution in [1.29, 1.82) is 0 Å². The first-order chi connectivity index (χ1) is 6.99. The third kappa shape index (κ3) is 1.32. The Morgan fingerprint density at radius 2 is 1.93 bits per heavy atom. The second-order valence-corrected chi connectivity index (χ2v) is 3.95. The highest BCUT2D eigenvalue weighted by Crippen LogP contribution is 2.49. The maximum Gasteiger partial charge on any atom is 0.314 e. The van der Waals surface area contributed by atoms with Gasteiger partial charge >= 0.3 is 5.97 Å². The van der Waals surface area contributed by atoms with Crippen LogP contribution in [0.4, 0.5) is 8.78 Å². The molecule has 1 fully saturated rings. The number of carboxylic acids is 1. The average molecular weight is 212 g/mol. The molecule has 1 aromatic carbocycles. The Hall–Kier alpha value is -1.45. The zero-order valence-electron chi connectivity index (χ0n) is 8.18. The van der Waals surface area contributed by atoms with Gasteiger partial charge in [-0.2, -0.15) is 0 Å². The van der Waals surface area contributed by atoms with Gasteiger partial charge in [0.2, 0.25) is 0 Å².